The molecular formula is C25H22N8O. The van der Waals surface area contributed by atoms with E-state index >= 15 is 0 Å². The van der Waals surface area contributed by atoms with Crippen LogP contribution in [-0.2, 0) is 11.8 Å². The van der Waals surface area contributed by atoms with E-state index in [1.807, 2.05) is 43.8 Å². The third-order valence-electron chi connectivity index (χ3n) is 6.04. The molecule has 5 heterocycles. The highest BCUT2D eigenvalue weighted by Gasteiger charge is 2.21. The fraction of sp³-hybridized carbons (Fsp3) is 0.240. The van der Waals surface area contributed by atoms with Crippen molar-refractivity contribution in [1.29, 1.82) is 5.26 Å². The molecule has 0 radical (unpaired) electrons. The van der Waals surface area contributed by atoms with E-state index < -0.39 is 0 Å². The monoisotopic (exact) mass is 450 g/mol. The molecule has 4 aromatic heterocycles. The van der Waals surface area contributed by atoms with Gasteiger partial charge in [0.15, 0.2) is 0 Å². The molecule has 1 saturated heterocycles. The first-order chi connectivity index (χ1) is 16.6. The van der Waals surface area contributed by atoms with Gasteiger partial charge in [-0.3, -0.25) is 9.48 Å². The van der Waals surface area contributed by atoms with Gasteiger partial charge in [0.05, 0.1) is 29.9 Å². The molecule has 9 heteroatoms. The SMILES string of the molecule is C#CCC(=O)N1CCN(c2ccc(-c3cc(-c4cnn(C)c4)cn4ncc(C#N)c34)cn2)CC1. The molecule has 0 spiro atoms. The van der Waals surface area contributed by atoms with Gasteiger partial charge in [-0.05, 0) is 18.2 Å². The number of hydrogen-bond acceptors (Lipinski definition) is 6. The molecule has 0 atom stereocenters. The molecule has 0 bridgehead atoms. The largest absolute Gasteiger partial charge is 0.353 e. The van der Waals surface area contributed by atoms with Crippen LogP contribution < -0.4 is 4.90 Å². The molecular weight excluding hydrogens is 428 g/mol. The maximum Gasteiger partial charge on any atom is 0.234 e. The summed E-state index contributed by atoms with van der Waals surface area (Å²) in [5.41, 5.74) is 4.91. The van der Waals surface area contributed by atoms with Gasteiger partial charge < -0.3 is 9.80 Å². The average Bonchev–Trinajstić information content (AvgIpc) is 3.50. The number of nitriles is 1. The van der Waals surface area contributed by atoms with Crippen molar-refractivity contribution in [3.8, 4) is 40.7 Å². The van der Waals surface area contributed by atoms with Crippen LogP contribution in [0.25, 0.3) is 27.8 Å². The summed E-state index contributed by atoms with van der Waals surface area (Å²) in [5, 5.41) is 18.3. The van der Waals surface area contributed by atoms with Gasteiger partial charge >= 0.3 is 0 Å². The van der Waals surface area contributed by atoms with E-state index in [1.54, 1.807) is 26.5 Å². The van der Waals surface area contributed by atoms with Gasteiger partial charge in [-0.25, -0.2) is 9.50 Å². The van der Waals surface area contributed by atoms with Crippen molar-refractivity contribution >= 4 is 17.2 Å². The Bertz CT molecular complexity index is 1440. The zero-order chi connectivity index (χ0) is 23.7. The van der Waals surface area contributed by atoms with Crippen LogP contribution in [-0.4, -0.2) is 61.4 Å². The highest BCUT2D eigenvalue weighted by Crippen LogP contribution is 2.32. The number of carbonyl (C=O) groups is 1. The van der Waals surface area contributed by atoms with Crippen molar-refractivity contribution in [1.82, 2.24) is 29.3 Å². The van der Waals surface area contributed by atoms with Crippen LogP contribution in [0.15, 0.2) is 49.2 Å². The van der Waals surface area contributed by atoms with E-state index in [1.165, 1.54) is 0 Å². The van der Waals surface area contributed by atoms with Crippen LogP contribution >= 0.6 is 0 Å². The van der Waals surface area contributed by atoms with E-state index in [-0.39, 0.29) is 12.3 Å². The lowest BCUT2D eigenvalue weighted by Gasteiger charge is -2.35. The summed E-state index contributed by atoms with van der Waals surface area (Å²) in [6.07, 6.45) is 14.4. The van der Waals surface area contributed by atoms with Crippen LogP contribution in [0, 0.1) is 23.7 Å². The topological polar surface area (TPSA) is 95.4 Å². The Balaban J connectivity index is 1.45. The molecule has 1 amide bonds. The zero-order valence-corrected chi connectivity index (χ0v) is 18.7. The Morgan fingerprint density at radius 2 is 1.88 bits per heavy atom. The summed E-state index contributed by atoms with van der Waals surface area (Å²) in [5.74, 6) is 3.26. The predicted molar refractivity (Wildman–Crippen MR) is 128 cm³/mol. The highest BCUT2D eigenvalue weighted by molar-refractivity contribution is 5.87. The molecule has 1 aliphatic heterocycles. The Morgan fingerprint density at radius 3 is 2.53 bits per heavy atom. The van der Waals surface area contributed by atoms with Crippen molar-refractivity contribution in [3.63, 3.8) is 0 Å². The van der Waals surface area contributed by atoms with Crippen molar-refractivity contribution in [3.05, 3.63) is 54.7 Å². The van der Waals surface area contributed by atoms with Gasteiger partial charge in [0.2, 0.25) is 5.91 Å². The van der Waals surface area contributed by atoms with Gasteiger partial charge in [0, 0.05) is 74.1 Å². The minimum absolute atomic E-state index is 0.00271. The molecule has 168 valence electrons. The normalized spacial score (nSPS) is 13.6. The first kappa shape index (κ1) is 21.2. The molecule has 1 aliphatic rings. The number of pyridine rings is 2. The van der Waals surface area contributed by atoms with Gasteiger partial charge in [-0.1, -0.05) is 5.92 Å². The Morgan fingerprint density at radius 1 is 1.06 bits per heavy atom. The Hall–Kier alpha value is -4.63. The molecule has 0 aromatic carbocycles. The van der Waals surface area contributed by atoms with E-state index in [4.69, 9.17) is 11.4 Å². The summed E-state index contributed by atoms with van der Waals surface area (Å²) in [7, 11) is 1.87. The molecule has 0 unspecified atom stereocenters. The van der Waals surface area contributed by atoms with Crippen molar-refractivity contribution < 1.29 is 4.79 Å². The third-order valence-corrected chi connectivity index (χ3v) is 6.04. The number of fused-ring (bicyclic) bond motifs is 1. The average molecular weight is 451 g/mol. The van der Waals surface area contributed by atoms with Crippen LogP contribution in [0.1, 0.15) is 12.0 Å². The second kappa shape index (κ2) is 8.72. The van der Waals surface area contributed by atoms with Crippen LogP contribution in [0.4, 0.5) is 5.82 Å². The van der Waals surface area contributed by atoms with Gasteiger partial charge in [-0.15, -0.1) is 6.42 Å². The number of carbonyl (C=O) groups excluding carboxylic acids is 1. The van der Waals surface area contributed by atoms with Crippen LogP contribution in [0.3, 0.4) is 0 Å². The molecule has 34 heavy (non-hydrogen) atoms. The van der Waals surface area contributed by atoms with E-state index in [2.05, 4.69) is 27.1 Å². The number of anilines is 1. The Kier molecular flexibility index (Phi) is 5.44. The van der Waals surface area contributed by atoms with Gasteiger partial charge in [-0.2, -0.15) is 15.5 Å². The van der Waals surface area contributed by atoms with E-state index in [0.717, 1.165) is 33.6 Å². The zero-order valence-electron chi connectivity index (χ0n) is 18.7. The maximum absolute atomic E-state index is 12.0. The van der Waals surface area contributed by atoms with Gasteiger partial charge in [0.25, 0.3) is 0 Å². The number of nitrogens with zero attached hydrogens (tertiary/aromatic N) is 8. The fourth-order valence-electron chi connectivity index (χ4n) is 4.27. The molecule has 0 saturated carbocycles. The number of hydrogen-bond donors (Lipinski definition) is 0. The lowest BCUT2D eigenvalue weighted by atomic mass is 10.0. The number of aryl methyl sites for hydroxylation is 1. The highest BCUT2D eigenvalue weighted by atomic mass is 16.2. The minimum atomic E-state index is -0.00271. The summed E-state index contributed by atoms with van der Waals surface area (Å²) in [6, 6.07) is 8.26. The first-order valence-corrected chi connectivity index (χ1v) is 10.9. The Labute approximate surface area is 196 Å². The van der Waals surface area contributed by atoms with Crippen molar-refractivity contribution in [2.24, 2.45) is 7.05 Å². The number of piperazine rings is 1. The smallest absolute Gasteiger partial charge is 0.234 e. The van der Waals surface area contributed by atoms with Gasteiger partial charge in [0.1, 0.15) is 11.9 Å². The molecule has 9 nitrogen and oxygen atoms in total. The molecule has 5 rings (SSSR count). The van der Waals surface area contributed by atoms with Crippen molar-refractivity contribution in [2.75, 3.05) is 31.1 Å². The summed E-state index contributed by atoms with van der Waals surface area (Å²) in [4.78, 5) is 20.7. The summed E-state index contributed by atoms with van der Waals surface area (Å²) < 4.78 is 3.48. The maximum atomic E-state index is 12.0. The van der Waals surface area contributed by atoms with E-state index in [0.29, 0.717) is 31.7 Å². The molecule has 4 aromatic rings. The molecule has 0 aliphatic carbocycles. The second-order valence-electron chi connectivity index (χ2n) is 8.16. The van der Waals surface area contributed by atoms with Crippen molar-refractivity contribution in [2.45, 2.75) is 6.42 Å². The quantitative estimate of drug-likeness (QED) is 0.443. The lowest BCUT2D eigenvalue weighted by Crippen LogP contribution is -2.48. The number of terminal acetylenes is 1. The van der Waals surface area contributed by atoms with E-state index in [9.17, 15) is 10.1 Å². The standard InChI is InChI=1S/C25H22N8O/c1-3-4-24(34)32-9-7-31(8-10-32)23-6-5-18(13-27-23)22-11-19(21-15-28-30(2)16-21)17-33-25(22)20(12-26)14-29-33/h1,5-6,11,13-17H,4,7-10H2,2H3. The summed E-state index contributed by atoms with van der Waals surface area (Å²) >= 11 is 0. The predicted octanol–water partition coefficient (Wildman–Crippen LogP) is 2.34. The number of amides is 1. The van der Waals surface area contributed by atoms with Crippen LogP contribution in [0.2, 0.25) is 0 Å². The number of rotatable bonds is 4. The first-order valence-electron chi connectivity index (χ1n) is 10.9. The fourth-order valence-corrected chi connectivity index (χ4v) is 4.27. The second-order valence-corrected chi connectivity index (χ2v) is 8.16. The minimum Gasteiger partial charge on any atom is -0.353 e. The lowest BCUT2D eigenvalue weighted by molar-refractivity contribution is -0.130. The molecule has 0 N–H and O–H groups in total. The molecule has 1 fully saturated rings. The van der Waals surface area contributed by atoms with Crippen LogP contribution in [0.5, 0.6) is 0 Å². The third kappa shape index (κ3) is 3.84. The summed E-state index contributed by atoms with van der Waals surface area (Å²) in [6.45, 7) is 2.65. The number of aromatic nitrogens is 5.